The zero-order valence-corrected chi connectivity index (χ0v) is 36.8. The molecule has 6 heteroatoms. The average Bonchev–Trinajstić information content (AvgIpc) is 3.71. The van der Waals surface area contributed by atoms with E-state index in [9.17, 15) is 5.26 Å². The molecule has 2 heterocycles. The van der Waals surface area contributed by atoms with Crippen LogP contribution in [-0.2, 0) is 0 Å². The molecule has 0 spiro atoms. The summed E-state index contributed by atoms with van der Waals surface area (Å²) in [5.41, 5.74) is 16.9. The zero-order valence-electron chi connectivity index (χ0n) is 36.8. The van der Waals surface area contributed by atoms with Crippen molar-refractivity contribution in [3.05, 3.63) is 234 Å². The van der Waals surface area contributed by atoms with Gasteiger partial charge in [-0.2, -0.15) is 5.26 Å². The lowest BCUT2D eigenvalue weighted by molar-refractivity contribution is 1.07. The first kappa shape index (κ1) is 40.5. The third kappa shape index (κ3) is 7.49. The van der Waals surface area contributed by atoms with E-state index in [1.54, 1.807) is 0 Å². The van der Waals surface area contributed by atoms with Crippen LogP contribution in [0.1, 0.15) is 16.7 Å². The highest BCUT2D eigenvalue weighted by atomic mass is 15.0. The first-order valence-electron chi connectivity index (χ1n) is 22.2. The lowest BCUT2D eigenvalue weighted by atomic mass is 9.91. The smallest absolute Gasteiger partial charge is 0.187 e. The van der Waals surface area contributed by atoms with E-state index in [4.69, 9.17) is 21.5 Å². The molecular weight excluding hydrogens is 817 g/mol. The number of rotatable bonds is 8. The van der Waals surface area contributed by atoms with Crippen LogP contribution in [0.15, 0.2) is 206 Å². The molecule has 67 heavy (non-hydrogen) atoms. The van der Waals surface area contributed by atoms with E-state index in [-0.39, 0.29) is 0 Å². The summed E-state index contributed by atoms with van der Waals surface area (Å²) in [6.07, 6.45) is 0. The molecule has 11 rings (SSSR count). The lowest BCUT2D eigenvalue weighted by Gasteiger charge is -2.21. The van der Waals surface area contributed by atoms with Crippen LogP contribution in [0.5, 0.6) is 0 Å². The standard InChI is InChI=1S/C61H40N6/c1-39-16-10-12-26-50(39)46-28-30-56-54(34-46)55-35-47(51-27-13-11-17-40(51)2)29-31-57(55)67(56)58-52(44-23-14-18-41(32-44)38-62)36-48(37-53(58)45-24-15-25-49(33-45)63-3)61-65-59(42-19-6-4-7-20-42)64-60(66-61)43-21-8-5-9-22-43/h4-37H,1-2H3. The van der Waals surface area contributed by atoms with Crippen LogP contribution in [0.2, 0.25) is 0 Å². The van der Waals surface area contributed by atoms with Crippen LogP contribution in [0.3, 0.4) is 0 Å². The van der Waals surface area contributed by atoms with E-state index in [1.807, 2.05) is 97.1 Å². The highest BCUT2D eigenvalue weighted by Gasteiger charge is 2.24. The van der Waals surface area contributed by atoms with E-state index in [0.29, 0.717) is 28.7 Å². The first-order valence-corrected chi connectivity index (χ1v) is 22.2. The van der Waals surface area contributed by atoms with Crippen LogP contribution in [-0.4, -0.2) is 19.5 Å². The van der Waals surface area contributed by atoms with Crippen LogP contribution in [0, 0.1) is 31.8 Å². The molecule has 0 radical (unpaired) electrons. The first-order chi connectivity index (χ1) is 32.9. The summed E-state index contributed by atoms with van der Waals surface area (Å²) < 4.78 is 2.37. The monoisotopic (exact) mass is 856 g/mol. The van der Waals surface area contributed by atoms with E-state index in [2.05, 4.69) is 139 Å². The summed E-state index contributed by atoms with van der Waals surface area (Å²) in [5, 5.41) is 12.5. The highest BCUT2D eigenvalue weighted by molar-refractivity contribution is 6.13. The Labute approximate surface area is 389 Å². The summed E-state index contributed by atoms with van der Waals surface area (Å²) in [6.45, 7) is 12.4. The van der Waals surface area contributed by atoms with E-state index in [0.717, 1.165) is 77.6 Å². The van der Waals surface area contributed by atoms with Crippen LogP contribution in [0.4, 0.5) is 5.69 Å². The second-order valence-electron chi connectivity index (χ2n) is 16.7. The fraction of sp³-hybridized carbons (Fsp3) is 0.0328. The van der Waals surface area contributed by atoms with Crippen molar-refractivity contribution in [3.63, 3.8) is 0 Å². The Morgan fingerprint density at radius 2 is 0.866 bits per heavy atom. The summed E-state index contributed by atoms with van der Waals surface area (Å²) in [7, 11) is 0. The van der Waals surface area contributed by atoms with E-state index >= 15 is 0 Å². The Morgan fingerprint density at radius 3 is 1.37 bits per heavy atom. The number of hydrogen-bond acceptors (Lipinski definition) is 4. The van der Waals surface area contributed by atoms with Gasteiger partial charge in [-0.25, -0.2) is 19.8 Å². The van der Waals surface area contributed by atoms with Gasteiger partial charge in [-0.15, -0.1) is 0 Å². The van der Waals surface area contributed by atoms with Crippen LogP contribution >= 0.6 is 0 Å². The third-order valence-corrected chi connectivity index (χ3v) is 12.6. The van der Waals surface area contributed by atoms with Gasteiger partial charge < -0.3 is 4.57 Å². The Bertz CT molecular complexity index is 3560. The van der Waals surface area contributed by atoms with Gasteiger partial charge in [0.25, 0.3) is 0 Å². The number of aryl methyl sites for hydroxylation is 2. The molecule has 0 aliphatic carbocycles. The largest absolute Gasteiger partial charge is 0.308 e. The van der Waals surface area contributed by atoms with Crippen LogP contribution in [0.25, 0.3) is 111 Å². The topological polar surface area (TPSA) is 71.8 Å². The molecule has 0 saturated heterocycles. The number of aromatic nitrogens is 4. The Balaban J connectivity index is 1.28. The Kier molecular flexibility index (Phi) is 10.3. The molecule has 11 aromatic rings. The number of nitriles is 1. The molecule has 0 aliphatic heterocycles. The van der Waals surface area contributed by atoms with Crippen molar-refractivity contribution in [2.24, 2.45) is 0 Å². The molecule has 0 amide bonds. The zero-order chi connectivity index (χ0) is 45.4. The number of hydrogen-bond donors (Lipinski definition) is 0. The second kappa shape index (κ2) is 17.0. The Morgan fingerprint density at radius 1 is 0.418 bits per heavy atom. The third-order valence-electron chi connectivity index (χ3n) is 12.6. The van der Waals surface area contributed by atoms with Gasteiger partial charge in [0.1, 0.15) is 0 Å². The minimum absolute atomic E-state index is 0.493. The number of benzene rings is 9. The average molecular weight is 857 g/mol. The molecule has 0 bridgehead atoms. The molecule has 0 fully saturated rings. The van der Waals surface area contributed by atoms with Crippen molar-refractivity contribution in [1.29, 1.82) is 5.26 Å². The van der Waals surface area contributed by atoms with Crippen molar-refractivity contribution in [2.45, 2.75) is 13.8 Å². The van der Waals surface area contributed by atoms with Gasteiger partial charge in [0.15, 0.2) is 23.2 Å². The van der Waals surface area contributed by atoms with E-state index in [1.165, 1.54) is 22.3 Å². The fourth-order valence-electron chi connectivity index (χ4n) is 9.27. The minimum Gasteiger partial charge on any atom is -0.308 e. The molecule has 0 aliphatic rings. The fourth-order valence-corrected chi connectivity index (χ4v) is 9.27. The molecule has 0 atom stereocenters. The minimum atomic E-state index is 0.493. The van der Waals surface area contributed by atoms with Crippen molar-refractivity contribution >= 4 is 27.5 Å². The predicted octanol–water partition coefficient (Wildman–Crippen LogP) is 15.7. The number of nitrogens with zero attached hydrogens (tertiary/aromatic N) is 6. The van der Waals surface area contributed by atoms with Gasteiger partial charge in [0.05, 0.1) is 34.9 Å². The molecule has 9 aromatic carbocycles. The van der Waals surface area contributed by atoms with Crippen molar-refractivity contribution in [1.82, 2.24) is 19.5 Å². The van der Waals surface area contributed by atoms with Crippen molar-refractivity contribution in [2.75, 3.05) is 0 Å². The second-order valence-corrected chi connectivity index (χ2v) is 16.7. The van der Waals surface area contributed by atoms with Crippen molar-refractivity contribution < 1.29 is 0 Å². The van der Waals surface area contributed by atoms with Gasteiger partial charge >= 0.3 is 0 Å². The molecule has 6 nitrogen and oxygen atoms in total. The van der Waals surface area contributed by atoms with Gasteiger partial charge in [-0.05, 0) is 113 Å². The van der Waals surface area contributed by atoms with Gasteiger partial charge in [-0.1, -0.05) is 152 Å². The molecule has 0 N–H and O–H groups in total. The van der Waals surface area contributed by atoms with Crippen molar-refractivity contribution in [3.8, 4) is 90.4 Å². The van der Waals surface area contributed by atoms with Gasteiger partial charge in [0, 0.05) is 38.6 Å². The van der Waals surface area contributed by atoms with Crippen LogP contribution < -0.4 is 0 Å². The highest BCUT2D eigenvalue weighted by Crippen LogP contribution is 2.46. The summed E-state index contributed by atoms with van der Waals surface area (Å²) in [6, 6.07) is 72.7. The maximum atomic E-state index is 10.3. The van der Waals surface area contributed by atoms with Gasteiger partial charge in [0.2, 0.25) is 0 Å². The maximum Gasteiger partial charge on any atom is 0.187 e. The van der Waals surface area contributed by atoms with Gasteiger partial charge in [-0.3, -0.25) is 0 Å². The quantitative estimate of drug-likeness (QED) is 0.143. The Hall–Kier alpha value is -9.23. The predicted molar refractivity (Wildman–Crippen MR) is 273 cm³/mol. The molecule has 0 unspecified atom stereocenters. The molecule has 0 saturated carbocycles. The maximum absolute atomic E-state index is 10.3. The summed E-state index contributed by atoms with van der Waals surface area (Å²) in [4.78, 5) is 19.3. The molecule has 2 aromatic heterocycles. The number of fused-ring (bicyclic) bond motifs is 3. The van der Waals surface area contributed by atoms with E-state index < -0.39 is 0 Å². The summed E-state index contributed by atoms with van der Waals surface area (Å²) in [5.74, 6) is 1.59. The SMILES string of the molecule is [C-]#[N+]c1cccc(-c2cc(-c3nc(-c4ccccc4)nc(-c4ccccc4)n3)cc(-c3cccc(C#N)c3)c2-n2c3ccc(-c4ccccc4C)cc3c3cc(-c4ccccc4C)ccc32)c1. The summed E-state index contributed by atoms with van der Waals surface area (Å²) >= 11 is 0. The lowest BCUT2D eigenvalue weighted by Crippen LogP contribution is -2.04. The normalized spacial score (nSPS) is 11.1. The molecule has 314 valence electrons. The molecular formula is C61H40N6.